The van der Waals surface area contributed by atoms with Gasteiger partial charge < -0.3 is 0 Å². The molecule has 0 aliphatic carbocycles. The Bertz CT molecular complexity index is 407. The zero-order valence-electron chi connectivity index (χ0n) is 6.74. The highest BCUT2D eigenvalue weighted by Crippen LogP contribution is 1.82. The molecule has 0 fully saturated rings. The van der Waals surface area contributed by atoms with Crippen LogP contribution in [0.15, 0.2) is 27.9 Å². The lowest BCUT2D eigenvalue weighted by atomic mass is 10.5. The molecule has 1 heterocycles. The van der Waals surface area contributed by atoms with Crippen LogP contribution < -0.4 is 11.2 Å². The number of hydrogen-bond donors (Lipinski definition) is 1. The van der Waals surface area contributed by atoms with Crippen molar-refractivity contribution in [3.8, 4) is 0 Å². The van der Waals surface area contributed by atoms with Gasteiger partial charge in [0.15, 0.2) is 0 Å². The number of rotatable bonds is 3. The minimum atomic E-state index is -0.494. The van der Waals surface area contributed by atoms with E-state index in [1.807, 2.05) is 6.08 Å². The molecule has 0 atom stereocenters. The Kier molecular flexibility index (Phi) is 3.63. The maximum atomic E-state index is 11.0. The highest BCUT2D eigenvalue weighted by molar-refractivity contribution is 9.09. The molecule has 1 rings (SSSR count). The molecule has 70 valence electrons. The molecule has 0 radical (unpaired) electrons. The van der Waals surface area contributed by atoms with Crippen LogP contribution in [0, 0.1) is 0 Å². The second-order valence-corrected chi connectivity index (χ2v) is 2.89. The summed E-state index contributed by atoms with van der Waals surface area (Å²) in [5, 5.41) is 4.37. The summed E-state index contributed by atoms with van der Waals surface area (Å²) in [6.45, 7) is 0.362. The first kappa shape index (κ1) is 9.91. The number of halogens is 1. The number of nitrogens with zero attached hydrogens (tertiary/aromatic N) is 2. The number of aromatic nitrogens is 3. The van der Waals surface area contributed by atoms with Crippen molar-refractivity contribution in [2.75, 3.05) is 5.33 Å². The summed E-state index contributed by atoms with van der Waals surface area (Å²) in [4.78, 5) is 23.8. The van der Waals surface area contributed by atoms with Gasteiger partial charge in [0, 0.05) is 5.33 Å². The van der Waals surface area contributed by atoms with E-state index in [0.29, 0.717) is 6.54 Å². The van der Waals surface area contributed by atoms with Crippen molar-refractivity contribution in [2.45, 2.75) is 6.54 Å². The van der Waals surface area contributed by atoms with E-state index in [1.54, 1.807) is 6.08 Å². The van der Waals surface area contributed by atoms with E-state index in [9.17, 15) is 9.59 Å². The largest absolute Gasteiger partial charge is 0.345 e. The van der Waals surface area contributed by atoms with E-state index in [2.05, 4.69) is 26.0 Å². The molecule has 6 heteroatoms. The number of hydrogen-bond acceptors (Lipinski definition) is 3. The topological polar surface area (TPSA) is 67.8 Å². The third kappa shape index (κ3) is 2.98. The van der Waals surface area contributed by atoms with Gasteiger partial charge >= 0.3 is 5.69 Å². The van der Waals surface area contributed by atoms with Crippen molar-refractivity contribution in [1.82, 2.24) is 14.8 Å². The number of allylic oxidation sites excluding steroid dienone is 2. The van der Waals surface area contributed by atoms with E-state index in [0.717, 1.165) is 11.5 Å². The van der Waals surface area contributed by atoms with Gasteiger partial charge in [-0.2, -0.15) is 5.10 Å². The van der Waals surface area contributed by atoms with Crippen molar-refractivity contribution in [1.29, 1.82) is 0 Å². The molecule has 1 N–H and O–H groups in total. The van der Waals surface area contributed by atoms with Gasteiger partial charge in [-0.05, 0) is 0 Å². The van der Waals surface area contributed by atoms with Crippen LogP contribution in [0.3, 0.4) is 0 Å². The normalized spacial score (nSPS) is 10.8. The number of nitrogens with one attached hydrogen (secondary N) is 1. The highest BCUT2D eigenvalue weighted by atomic mass is 79.9. The van der Waals surface area contributed by atoms with E-state index >= 15 is 0 Å². The summed E-state index contributed by atoms with van der Waals surface area (Å²) in [5.41, 5.74) is -0.975. The summed E-state index contributed by atoms with van der Waals surface area (Å²) >= 11 is 3.20. The molecule has 0 aliphatic rings. The molecule has 0 spiro atoms. The van der Waals surface area contributed by atoms with E-state index in [1.165, 1.54) is 4.68 Å². The fourth-order valence-corrected chi connectivity index (χ4v) is 1.01. The quantitative estimate of drug-likeness (QED) is 0.597. The summed E-state index contributed by atoms with van der Waals surface area (Å²) in [7, 11) is 0. The Balaban J connectivity index is 2.84. The Morgan fingerprint density at radius 3 is 2.92 bits per heavy atom. The zero-order chi connectivity index (χ0) is 9.68. The number of alkyl halides is 1. The van der Waals surface area contributed by atoms with Gasteiger partial charge in [0.05, 0.1) is 6.54 Å². The Morgan fingerprint density at radius 1 is 1.54 bits per heavy atom. The monoisotopic (exact) mass is 245 g/mol. The summed E-state index contributed by atoms with van der Waals surface area (Å²) in [6.07, 6.45) is 4.70. The van der Waals surface area contributed by atoms with Crippen molar-refractivity contribution in [3.63, 3.8) is 0 Å². The Labute approximate surface area is 82.2 Å². The summed E-state index contributed by atoms with van der Waals surface area (Å²) in [6, 6.07) is 0. The second-order valence-electron chi connectivity index (χ2n) is 2.25. The van der Waals surface area contributed by atoms with Crippen LogP contribution in [0.4, 0.5) is 0 Å². The first-order chi connectivity index (χ1) is 6.24. The van der Waals surface area contributed by atoms with Gasteiger partial charge in [0.25, 0.3) is 5.56 Å². The second kappa shape index (κ2) is 4.76. The average Bonchev–Trinajstić information content (AvgIpc) is 2.09. The zero-order valence-corrected chi connectivity index (χ0v) is 8.32. The molecule has 5 nitrogen and oxygen atoms in total. The van der Waals surface area contributed by atoms with Crippen LogP contribution in [-0.2, 0) is 6.54 Å². The number of H-pyrrole nitrogens is 1. The first-order valence-corrected chi connectivity index (χ1v) is 4.73. The van der Waals surface area contributed by atoms with Crippen molar-refractivity contribution < 1.29 is 0 Å². The molecule has 0 unspecified atom stereocenters. The molecule has 0 bridgehead atoms. The first-order valence-electron chi connectivity index (χ1n) is 3.61. The molecule has 0 saturated carbocycles. The van der Waals surface area contributed by atoms with Crippen LogP contribution in [0.2, 0.25) is 0 Å². The van der Waals surface area contributed by atoms with Gasteiger partial charge in [-0.1, -0.05) is 28.1 Å². The predicted molar refractivity (Wildman–Crippen MR) is 52.1 cm³/mol. The molecular weight excluding hydrogens is 238 g/mol. The van der Waals surface area contributed by atoms with Gasteiger partial charge in [0.2, 0.25) is 0 Å². The summed E-state index contributed by atoms with van der Waals surface area (Å²) < 4.78 is 1.17. The van der Waals surface area contributed by atoms with E-state index in [-0.39, 0.29) is 0 Å². The van der Waals surface area contributed by atoms with Gasteiger partial charge in [0.1, 0.15) is 6.20 Å². The lowest BCUT2D eigenvalue weighted by Gasteiger charge is -1.96. The maximum absolute atomic E-state index is 11.0. The van der Waals surface area contributed by atoms with Crippen molar-refractivity contribution in [3.05, 3.63) is 39.2 Å². The highest BCUT2D eigenvalue weighted by Gasteiger charge is 1.93. The van der Waals surface area contributed by atoms with Crippen molar-refractivity contribution >= 4 is 15.9 Å². The fraction of sp³-hybridized carbons (Fsp3) is 0.286. The molecule has 1 aromatic rings. The average molecular weight is 246 g/mol. The lowest BCUT2D eigenvalue weighted by Crippen LogP contribution is -2.31. The predicted octanol–water partition coefficient (Wildman–Crippen LogP) is -0.117. The maximum Gasteiger partial charge on any atom is 0.345 e. The SMILES string of the molecule is O=c1cnn(CC=CCBr)c(=O)[nH]1. The third-order valence-corrected chi connectivity index (χ3v) is 1.69. The molecule has 1 aromatic heterocycles. The van der Waals surface area contributed by atoms with Crippen LogP contribution in [0.25, 0.3) is 0 Å². The molecule has 13 heavy (non-hydrogen) atoms. The van der Waals surface area contributed by atoms with Crippen molar-refractivity contribution in [2.24, 2.45) is 0 Å². The standard InChI is InChI=1S/C7H8BrN3O2/c8-3-1-2-4-11-7(13)10-6(12)5-9-11/h1-2,5H,3-4H2,(H,10,12,13). The number of aromatic amines is 1. The van der Waals surface area contributed by atoms with Crippen LogP contribution in [0.1, 0.15) is 0 Å². The molecule has 0 saturated heterocycles. The Morgan fingerprint density at radius 2 is 2.31 bits per heavy atom. The molecule has 0 amide bonds. The molecule has 0 aromatic carbocycles. The Hall–Kier alpha value is -1.17. The van der Waals surface area contributed by atoms with Crippen LogP contribution >= 0.6 is 15.9 Å². The minimum absolute atomic E-state index is 0.362. The third-order valence-electron chi connectivity index (χ3n) is 1.31. The van der Waals surface area contributed by atoms with Crippen LogP contribution in [-0.4, -0.2) is 20.1 Å². The smallest absolute Gasteiger partial charge is 0.271 e. The summed E-state index contributed by atoms with van der Waals surface area (Å²) in [5.74, 6) is 0. The van der Waals surface area contributed by atoms with E-state index < -0.39 is 11.2 Å². The minimum Gasteiger partial charge on any atom is -0.271 e. The van der Waals surface area contributed by atoms with E-state index in [4.69, 9.17) is 0 Å². The molecule has 0 aliphatic heterocycles. The van der Waals surface area contributed by atoms with Gasteiger partial charge in [-0.25, -0.2) is 9.48 Å². The molecular formula is C7H8BrN3O2. The lowest BCUT2D eigenvalue weighted by molar-refractivity contribution is 0.617. The van der Waals surface area contributed by atoms with Gasteiger partial charge in [-0.3, -0.25) is 9.78 Å². The fourth-order valence-electron chi connectivity index (χ4n) is 0.744. The van der Waals surface area contributed by atoms with Crippen LogP contribution in [0.5, 0.6) is 0 Å². The van der Waals surface area contributed by atoms with Gasteiger partial charge in [-0.15, -0.1) is 0 Å².